The third kappa shape index (κ3) is 7.32. The Bertz CT molecular complexity index is 929. The number of hydrogen-bond donors (Lipinski definition) is 2. The lowest BCUT2D eigenvalue weighted by Gasteiger charge is -2.42. The van der Waals surface area contributed by atoms with Crippen LogP contribution in [-0.2, 0) is 9.47 Å². The molecule has 26 heteroatoms. The third-order valence-corrected chi connectivity index (χ3v) is 4.29. The van der Waals surface area contributed by atoms with Crippen molar-refractivity contribution in [1.29, 1.82) is 0 Å². The molecule has 0 unspecified atom stereocenters. The van der Waals surface area contributed by atoms with Crippen LogP contribution in [0.15, 0.2) is 0 Å². The maximum atomic E-state index is 13.6. The Balaban J connectivity index is 5.58. The average molecular weight is 662 g/mol. The molecule has 0 aromatic rings. The first-order chi connectivity index (χ1) is 17.7. The molecule has 0 radical (unpaired) electrons. The lowest BCUT2D eigenvalue weighted by Crippen LogP contribution is -2.74. The minimum Gasteiger partial charge on any atom is -0.448 e. The molecule has 0 rings (SSSR count). The Labute approximate surface area is 211 Å². The molecule has 2 N–H and O–H groups in total. The number of amides is 2. The van der Waals surface area contributed by atoms with Crippen molar-refractivity contribution in [3.05, 3.63) is 0 Å². The van der Waals surface area contributed by atoms with Gasteiger partial charge < -0.3 is 9.47 Å². The minimum absolute atomic E-state index is 1.03. The van der Waals surface area contributed by atoms with Crippen molar-refractivity contribution >= 4 is 12.2 Å². The molecule has 0 aromatic heterocycles. The predicted octanol–water partition coefficient (Wildman–Crippen LogP) is 6.71. The summed E-state index contributed by atoms with van der Waals surface area (Å²) >= 11 is 0. The first-order valence-electron chi connectivity index (χ1n) is 9.38. The molecule has 0 saturated carbocycles. The number of rotatable bonds is 11. The van der Waals surface area contributed by atoms with Crippen molar-refractivity contribution in [3.8, 4) is 0 Å². The highest BCUT2D eigenvalue weighted by Gasteiger charge is 2.95. The van der Waals surface area contributed by atoms with Crippen molar-refractivity contribution in [2.45, 2.75) is 66.7 Å². The molecule has 2 amide bonds. The summed E-state index contributed by atoms with van der Waals surface area (Å²) in [5, 5.41) is 0. The van der Waals surface area contributed by atoms with Gasteiger partial charge in [0.05, 0.1) is 6.61 Å². The summed E-state index contributed by atoms with van der Waals surface area (Å²) in [6, 6.07) is 0. The Kier molecular flexibility index (Phi) is 10.6. The van der Waals surface area contributed by atoms with Gasteiger partial charge in [0.1, 0.15) is 0 Å². The van der Waals surface area contributed by atoms with Crippen molar-refractivity contribution in [2.24, 2.45) is 0 Å². The number of carbonyl (C=O) groups is 2. The Morgan fingerprint density at radius 3 is 1.20 bits per heavy atom. The quantitative estimate of drug-likeness (QED) is 0.147. The Morgan fingerprint density at radius 2 is 0.829 bits per heavy atom. The van der Waals surface area contributed by atoms with Crippen LogP contribution in [0.4, 0.5) is 97.4 Å². The van der Waals surface area contributed by atoms with Gasteiger partial charge in [0.15, 0.2) is 6.61 Å². The van der Waals surface area contributed by atoms with E-state index in [4.69, 9.17) is 0 Å². The molecule has 0 bridgehead atoms. The Morgan fingerprint density at radius 1 is 0.488 bits per heavy atom. The average Bonchev–Trinajstić information content (AvgIpc) is 2.77. The van der Waals surface area contributed by atoms with Gasteiger partial charge in [-0.3, -0.25) is 0 Å². The molecule has 0 spiro atoms. The Hall–Kier alpha value is -2.86. The number of alkyl halides is 20. The molecule has 0 aliphatic heterocycles. The van der Waals surface area contributed by atoms with Gasteiger partial charge in [-0.25, -0.2) is 20.4 Å². The molecule has 0 heterocycles. The summed E-state index contributed by atoms with van der Waals surface area (Å²) in [5.41, 5.74) is 2.07. The summed E-state index contributed by atoms with van der Waals surface area (Å²) in [6.45, 7) is -3.85. The molecule has 0 atom stereocenters. The van der Waals surface area contributed by atoms with Crippen molar-refractivity contribution in [2.75, 3.05) is 13.2 Å². The van der Waals surface area contributed by atoms with Crippen molar-refractivity contribution in [1.82, 2.24) is 10.9 Å². The monoisotopic (exact) mass is 662 g/mol. The summed E-state index contributed by atoms with van der Waals surface area (Å²) in [4.78, 5) is 21.8. The van der Waals surface area contributed by atoms with E-state index in [2.05, 4.69) is 9.47 Å². The zero-order valence-electron chi connectivity index (χ0n) is 18.5. The number of carbonyl (C=O) groups excluding carboxylic acids is 2. The minimum atomic E-state index is -8.77. The third-order valence-electron chi connectivity index (χ3n) is 4.29. The van der Waals surface area contributed by atoms with Crippen LogP contribution in [0.1, 0.15) is 12.8 Å². The van der Waals surface area contributed by atoms with E-state index in [1.807, 2.05) is 0 Å². The van der Waals surface area contributed by atoms with E-state index in [9.17, 15) is 97.4 Å². The van der Waals surface area contributed by atoms with E-state index in [1.165, 1.54) is 0 Å². The second-order valence-corrected chi connectivity index (χ2v) is 7.33. The van der Waals surface area contributed by atoms with Crippen LogP contribution in [0.2, 0.25) is 0 Å². The van der Waals surface area contributed by atoms with Crippen LogP contribution in [-0.4, -0.2) is 79.2 Å². The van der Waals surface area contributed by atoms with Crippen LogP contribution in [0.5, 0.6) is 0 Å². The van der Waals surface area contributed by atoms with Crippen molar-refractivity contribution in [3.63, 3.8) is 0 Å². The van der Waals surface area contributed by atoms with Crippen LogP contribution in [0, 0.1) is 0 Å². The fraction of sp³-hybridized carbons (Fsp3) is 0.867. The summed E-state index contributed by atoms with van der Waals surface area (Å²) in [7, 11) is 0. The first-order valence-corrected chi connectivity index (χ1v) is 9.38. The molecule has 6 nitrogen and oxygen atoms in total. The maximum Gasteiger partial charge on any atom is 0.460 e. The molecule has 0 aliphatic rings. The lowest BCUT2D eigenvalue weighted by molar-refractivity contribution is -0.461. The zero-order chi connectivity index (χ0) is 33.3. The second kappa shape index (κ2) is 11.4. The molecular weight excluding hydrogens is 652 g/mol. The summed E-state index contributed by atoms with van der Waals surface area (Å²) < 4.78 is 266. The molecule has 244 valence electrons. The molecule has 41 heavy (non-hydrogen) atoms. The fourth-order valence-corrected chi connectivity index (χ4v) is 2.13. The fourth-order valence-electron chi connectivity index (χ4n) is 2.13. The SMILES string of the molecule is O=C(NNC(=O)OCC(F)(F)F)OCCCC(F)(F)C(F)(F)C(F)(F)C(F)(F)C(F)(F)C(F)(F)C(F)(F)C(F)(F)F. The van der Waals surface area contributed by atoms with E-state index >= 15 is 0 Å². The standard InChI is InChI=1S/C15H10F20N2O4/c16-7(17,2-1-3-40-5(38)36-37-6(39)41-4-8(18,19)20)9(21,22)10(23,24)11(25,26)12(27,28)13(29,30)14(31,32)15(33,34)35/h1-4H2,(H,36,38)(H,37,39). The van der Waals surface area contributed by atoms with E-state index in [1.54, 1.807) is 0 Å². The van der Waals surface area contributed by atoms with Gasteiger partial charge in [0, 0.05) is 6.42 Å². The molecular formula is C15H10F20N2O4. The van der Waals surface area contributed by atoms with E-state index in [0.717, 1.165) is 10.9 Å². The molecule has 0 aliphatic carbocycles. The molecule has 0 aromatic carbocycles. The number of hydrazine groups is 1. The highest BCUT2D eigenvalue weighted by atomic mass is 19.4. The maximum absolute atomic E-state index is 13.6. The second-order valence-electron chi connectivity index (χ2n) is 7.33. The van der Waals surface area contributed by atoms with Crippen molar-refractivity contribution < 1.29 is 107 Å². The largest absolute Gasteiger partial charge is 0.460 e. The van der Waals surface area contributed by atoms with Gasteiger partial charge >= 0.3 is 66.0 Å². The van der Waals surface area contributed by atoms with Crippen LogP contribution < -0.4 is 10.9 Å². The van der Waals surface area contributed by atoms with Gasteiger partial charge in [-0.15, -0.1) is 0 Å². The van der Waals surface area contributed by atoms with E-state index in [0.29, 0.717) is 0 Å². The molecule has 0 fully saturated rings. The van der Waals surface area contributed by atoms with Crippen LogP contribution in [0.3, 0.4) is 0 Å². The smallest absolute Gasteiger partial charge is 0.448 e. The summed E-state index contributed by atoms with van der Waals surface area (Å²) in [6.07, 6.45) is -21.7. The first kappa shape index (κ1) is 38.1. The number of ether oxygens (including phenoxy) is 2. The van der Waals surface area contributed by atoms with Gasteiger partial charge in [0.2, 0.25) is 0 Å². The van der Waals surface area contributed by atoms with E-state index in [-0.39, 0.29) is 0 Å². The predicted molar refractivity (Wildman–Crippen MR) is 84.9 cm³/mol. The number of hydrogen-bond acceptors (Lipinski definition) is 4. The van der Waals surface area contributed by atoms with Gasteiger partial charge in [0.25, 0.3) is 0 Å². The molecule has 0 saturated heterocycles. The normalized spacial score (nSPS) is 14.9. The van der Waals surface area contributed by atoms with Crippen LogP contribution in [0.25, 0.3) is 0 Å². The van der Waals surface area contributed by atoms with E-state index < -0.39 is 92.1 Å². The van der Waals surface area contributed by atoms with Gasteiger partial charge in [-0.05, 0) is 6.42 Å². The van der Waals surface area contributed by atoms with Gasteiger partial charge in [-0.2, -0.15) is 87.8 Å². The number of halogens is 20. The number of nitrogens with one attached hydrogen (secondary N) is 2. The van der Waals surface area contributed by atoms with Gasteiger partial charge in [-0.1, -0.05) is 0 Å². The van der Waals surface area contributed by atoms with Crippen LogP contribution >= 0.6 is 0 Å². The zero-order valence-corrected chi connectivity index (χ0v) is 18.5. The topological polar surface area (TPSA) is 76.7 Å². The summed E-state index contributed by atoms with van der Waals surface area (Å²) in [5.74, 6) is -57.5. The highest BCUT2D eigenvalue weighted by Crippen LogP contribution is 2.64. The lowest BCUT2D eigenvalue weighted by atomic mass is 9.88. The highest BCUT2D eigenvalue weighted by molar-refractivity contribution is 5.73.